The number of aromatic nitrogens is 1. The van der Waals surface area contributed by atoms with Gasteiger partial charge in [0, 0.05) is 19.0 Å². The maximum absolute atomic E-state index is 13.4. The summed E-state index contributed by atoms with van der Waals surface area (Å²) in [4.78, 5) is 3.94. The quantitative estimate of drug-likeness (QED) is 0.868. The molecule has 5 heteroatoms. The first-order valence-electron chi connectivity index (χ1n) is 4.81. The van der Waals surface area contributed by atoms with E-state index in [0.29, 0.717) is 18.9 Å². The van der Waals surface area contributed by atoms with Crippen molar-refractivity contribution in [2.75, 3.05) is 6.54 Å². The van der Waals surface area contributed by atoms with E-state index in [4.69, 9.17) is 10.2 Å². The molecule has 0 saturated heterocycles. The lowest BCUT2D eigenvalue weighted by Crippen LogP contribution is -2.02. The van der Waals surface area contributed by atoms with E-state index in [9.17, 15) is 8.78 Å². The van der Waals surface area contributed by atoms with Crippen LogP contribution in [0.25, 0.3) is 11.3 Å². The van der Waals surface area contributed by atoms with Gasteiger partial charge in [0.25, 0.3) is 0 Å². The van der Waals surface area contributed by atoms with Gasteiger partial charge in [0.15, 0.2) is 11.7 Å². The van der Waals surface area contributed by atoms with Crippen molar-refractivity contribution in [3.05, 3.63) is 41.9 Å². The number of hydrogen-bond acceptors (Lipinski definition) is 3. The average Bonchev–Trinajstić information content (AvgIpc) is 2.67. The third-order valence-corrected chi connectivity index (χ3v) is 2.11. The van der Waals surface area contributed by atoms with Gasteiger partial charge in [0.1, 0.15) is 11.6 Å². The van der Waals surface area contributed by atoms with Crippen molar-refractivity contribution in [1.82, 2.24) is 4.98 Å². The minimum absolute atomic E-state index is 0.192. The number of nitrogens with zero attached hydrogens (tertiary/aromatic N) is 1. The summed E-state index contributed by atoms with van der Waals surface area (Å²) in [5.74, 6) is -0.569. The predicted octanol–water partition coefficient (Wildman–Crippen LogP) is 2.12. The average molecular weight is 224 g/mol. The molecular weight excluding hydrogens is 214 g/mol. The summed E-state index contributed by atoms with van der Waals surface area (Å²) in [6.07, 6.45) is 1.89. The largest absolute Gasteiger partial charge is 0.441 e. The summed E-state index contributed by atoms with van der Waals surface area (Å²) >= 11 is 0. The van der Waals surface area contributed by atoms with Gasteiger partial charge in [-0.25, -0.2) is 13.8 Å². The summed E-state index contributed by atoms with van der Waals surface area (Å²) in [6, 6.07) is 3.29. The van der Waals surface area contributed by atoms with E-state index in [1.807, 2.05) is 0 Å². The summed E-state index contributed by atoms with van der Waals surface area (Å²) in [6.45, 7) is 0.409. The molecule has 0 fully saturated rings. The molecule has 2 aromatic rings. The van der Waals surface area contributed by atoms with Crippen molar-refractivity contribution in [2.45, 2.75) is 6.42 Å². The molecular formula is C11H10F2N2O. The molecule has 84 valence electrons. The smallest absolute Gasteiger partial charge is 0.196 e. The zero-order valence-corrected chi connectivity index (χ0v) is 8.41. The van der Waals surface area contributed by atoms with Crippen LogP contribution in [0.3, 0.4) is 0 Å². The maximum Gasteiger partial charge on any atom is 0.196 e. The van der Waals surface area contributed by atoms with Gasteiger partial charge in [0.05, 0.1) is 11.8 Å². The third kappa shape index (κ3) is 2.09. The Bertz CT molecular complexity index is 496. The number of benzene rings is 1. The standard InChI is InChI=1S/C11H10F2N2O/c12-7-1-2-8(9(13)5-7)10-6-15-11(16-10)3-4-14/h1-2,5-6H,3-4,14H2. The normalized spacial score (nSPS) is 10.7. The Morgan fingerprint density at radius 2 is 2.12 bits per heavy atom. The zero-order valence-electron chi connectivity index (χ0n) is 8.41. The molecule has 2 N–H and O–H groups in total. The molecule has 0 aliphatic heterocycles. The highest BCUT2D eigenvalue weighted by Crippen LogP contribution is 2.24. The number of hydrogen-bond donors (Lipinski definition) is 1. The molecule has 0 radical (unpaired) electrons. The fourth-order valence-corrected chi connectivity index (χ4v) is 1.36. The van der Waals surface area contributed by atoms with Crippen LogP contribution in [0.15, 0.2) is 28.8 Å². The van der Waals surface area contributed by atoms with Crippen molar-refractivity contribution in [2.24, 2.45) is 5.73 Å². The first-order chi connectivity index (χ1) is 7.70. The molecule has 0 aliphatic rings. The third-order valence-electron chi connectivity index (χ3n) is 2.11. The van der Waals surface area contributed by atoms with E-state index in [1.165, 1.54) is 18.3 Å². The molecule has 0 bridgehead atoms. The van der Waals surface area contributed by atoms with Gasteiger partial charge in [0.2, 0.25) is 0 Å². The van der Waals surface area contributed by atoms with E-state index in [0.717, 1.165) is 6.07 Å². The van der Waals surface area contributed by atoms with Gasteiger partial charge in [-0.3, -0.25) is 0 Å². The van der Waals surface area contributed by atoms with E-state index >= 15 is 0 Å². The second-order valence-electron chi connectivity index (χ2n) is 3.28. The van der Waals surface area contributed by atoms with Crippen LogP contribution in [0.4, 0.5) is 8.78 Å². The van der Waals surface area contributed by atoms with Crippen LogP contribution in [0.5, 0.6) is 0 Å². The summed E-state index contributed by atoms with van der Waals surface area (Å²) in [5.41, 5.74) is 5.53. The molecule has 1 heterocycles. The molecule has 3 nitrogen and oxygen atoms in total. The fourth-order valence-electron chi connectivity index (χ4n) is 1.36. The molecule has 0 aliphatic carbocycles. The topological polar surface area (TPSA) is 52.0 Å². The summed E-state index contributed by atoms with van der Waals surface area (Å²) < 4.78 is 31.3. The minimum Gasteiger partial charge on any atom is -0.441 e. The van der Waals surface area contributed by atoms with Crippen LogP contribution in [-0.2, 0) is 6.42 Å². The van der Waals surface area contributed by atoms with Gasteiger partial charge >= 0.3 is 0 Å². The molecule has 0 spiro atoms. The lowest BCUT2D eigenvalue weighted by molar-refractivity contribution is 0.503. The monoisotopic (exact) mass is 224 g/mol. The number of oxazole rings is 1. The lowest BCUT2D eigenvalue weighted by atomic mass is 10.2. The molecule has 2 rings (SSSR count). The molecule has 1 aromatic carbocycles. The SMILES string of the molecule is NCCc1ncc(-c2ccc(F)cc2F)o1. The predicted molar refractivity (Wildman–Crippen MR) is 54.6 cm³/mol. The molecule has 0 amide bonds. The zero-order chi connectivity index (χ0) is 11.5. The Balaban J connectivity index is 2.35. The Morgan fingerprint density at radius 1 is 1.31 bits per heavy atom. The second kappa shape index (κ2) is 4.40. The van der Waals surface area contributed by atoms with Crippen molar-refractivity contribution < 1.29 is 13.2 Å². The first-order valence-corrected chi connectivity index (χ1v) is 4.81. The van der Waals surface area contributed by atoms with Crippen LogP contribution in [0, 0.1) is 11.6 Å². The molecule has 16 heavy (non-hydrogen) atoms. The molecule has 0 saturated carbocycles. The summed E-state index contributed by atoms with van der Waals surface area (Å²) in [7, 11) is 0. The maximum atomic E-state index is 13.4. The Labute approximate surface area is 90.9 Å². The fraction of sp³-hybridized carbons (Fsp3) is 0.182. The van der Waals surface area contributed by atoms with E-state index in [1.54, 1.807) is 0 Å². The van der Waals surface area contributed by atoms with Gasteiger partial charge < -0.3 is 10.2 Å². The Hall–Kier alpha value is -1.75. The van der Waals surface area contributed by atoms with Gasteiger partial charge in [-0.05, 0) is 12.1 Å². The second-order valence-corrected chi connectivity index (χ2v) is 3.28. The van der Waals surface area contributed by atoms with E-state index in [-0.39, 0.29) is 11.3 Å². The van der Waals surface area contributed by atoms with Crippen LogP contribution in [0.2, 0.25) is 0 Å². The lowest BCUT2D eigenvalue weighted by Gasteiger charge is -1.98. The van der Waals surface area contributed by atoms with Gasteiger partial charge in [-0.15, -0.1) is 0 Å². The highest BCUT2D eigenvalue weighted by molar-refractivity contribution is 5.57. The van der Waals surface area contributed by atoms with Crippen LogP contribution in [-0.4, -0.2) is 11.5 Å². The van der Waals surface area contributed by atoms with Crippen LogP contribution >= 0.6 is 0 Å². The number of rotatable bonds is 3. The van der Waals surface area contributed by atoms with Crippen LogP contribution in [0.1, 0.15) is 5.89 Å². The van der Waals surface area contributed by atoms with Gasteiger partial charge in [-0.1, -0.05) is 0 Å². The number of halogens is 2. The molecule has 0 atom stereocenters. The molecule has 1 aromatic heterocycles. The Morgan fingerprint density at radius 3 is 2.81 bits per heavy atom. The van der Waals surface area contributed by atoms with Crippen molar-refractivity contribution >= 4 is 0 Å². The van der Waals surface area contributed by atoms with Crippen molar-refractivity contribution in [1.29, 1.82) is 0 Å². The van der Waals surface area contributed by atoms with Gasteiger partial charge in [-0.2, -0.15) is 0 Å². The van der Waals surface area contributed by atoms with Crippen molar-refractivity contribution in [3.8, 4) is 11.3 Å². The van der Waals surface area contributed by atoms with E-state index in [2.05, 4.69) is 4.98 Å². The van der Waals surface area contributed by atoms with Crippen LogP contribution < -0.4 is 5.73 Å². The highest BCUT2D eigenvalue weighted by Gasteiger charge is 2.11. The molecule has 0 unspecified atom stereocenters. The highest BCUT2D eigenvalue weighted by atomic mass is 19.1. The first kappa shape index (κ1) is 10.8. The minimum atomic E-state index is -0.671. The Kier molecular flexibility index (Phi) is 2.96. The number of nitrogens with two attached hydrogens (primary N) is 1. The summed E-state index contributed by atoms with van der Waals surface area (Å²) in [5, 5.41) is 0. The van der Waals surface area contributed by atoms with Crippen molar-refractivity contribution in [3.63, 3.8) is 0 Å². The van der Waals surface area contributed by atoms with E-state index < -0.39 is 11.6 Å².